The number of carbonyl (C=O) groups excluding carboxylic acids is 10. The van der Waals surface area contributed by atoms with Gasteiger partial charge < -0.3 is 129 Å². The zero-order valence-electron chi connectivity index (χ0n) is 94.6. The summed E-state index contributed by atoms with van der Waals surface area (Å²) in [4.78, 5) is 136. The molecule has 0 heterocycles. The Balaban J connectivity index is -0.000000582. The summed E-state index contributed by atoms with van der Waals surface area (Å²) in [5, 5.41) is 44.2. The van der Waals surface area contributed by atoms with E-state index in [0.29, 0.717) is 159 Å². The molecule has 10 N–H and O–H groups in total. The Hall–Kier alpha value is -7.34. The maximum absolute atomic E-state index is 11.8. The zero-order chi connectivity index (χ0) is 111. The Labute approximate surface area is 902 Å². The smallest absolute Gasteiger partial charge is 0.260 e. The SMILES string of the molecule is CCC(C)COCC(COCC(C)CC)OCCCSCCC(=O)NCO/N=C/CNC(C)=O.CCC(C)COCC(COCC(C)CC)OCCCSCCC(=O)NCO/N=C/CNC(C)=O.CCC(C)COCC(COCC(C)CC)OCCCSCCC(=O)NCO/N=C/CNC(C)=O.CCC(C)COCCCCCNC(=O)CO/N=C/CNC(C)=O.CCC(C)COCCCCCNC(=O)CO/N=C/CNC(C)=O. The molecule has 0 fully saturated rings. The van der Waals surface area contributed by atoms with Gasteiger partial charge in [0.1, 0.15) is 18.3 Å². The Kier molecular flexibility index (Phi) is 118. The third-order valence-electron chi connectivity index (χ3n) is 21.3. The minimum Gasteiger partial charge on any atom is -0.386 e. The van der Waals surface area contributed by atoms with Crippen LogP contribution in [0.3, 0.4) is 0 Å². The third-order valence-corrected chi connectivity index (χ3v) is 24.5. The lowest BCUT2D eigenvalue weighted by Crippen LogP contribution is -2.28. The summed E-state index contributed by atoms with van der Waals surface area (Å²) in [7, 11) is 0. The number of amides is 10. The molecule has 0 aliphatic rings. The van der Waals surface area contributed by atoms with Gasteiger partial charge >= 0.3 is 0 Å². The maximum Gasteiger partial charge on any atom is 0.260 e. The van der Waals surface area contributed by atoms with E-state index in [4.69, 9.17) is 76.3 Å². The molecule has 44 heteroatoms. The number of ether oxygens (including phenoxy) is 11. The summed E-state index contributed by atoms with van der Waals surface area (Å²) in [6.07, 6.45) is 25.7. The van der Waals surface area contributed by atoms with Gasteiger partial charge in [-0.1, -0.05) is 188 Å². The van der Waals surface area contributed by atoms with Crippen molar-refractivity contribution in [2.24, 2.45) is 73.1 Å². The molecule has 0 bridgehead atoms. The van der Waals surface area contributed by atoms with E-state index < -0.39 is 0 Å². The van der Waals surface area contributed by atoms with Crippen molar-refractivity contribution in [3.63, 3.8) is 0 Å². The van der Waals surface area contributed by atoms with E-state index in [1.54, 1.807) is 35.3 Å². The van der Waals surface area contributed by atoms with E-state index >= 15 is 0 Å². The Morgan fingerprint density at radius 3 is 0.669 bits per heavy atom. The van der Waals surface area contributed by atoms with Crippen LogP contribution >= 0.6 is 35.3 Å². The van der Waals surface area contributed by atoms with Gasteiger partial charge in [0.05, 0.1) is 103 Å². The van der Waals surface area contributed by atoms with Gasteiger partial charge in [0, 0.05) is 170 Å². The fourth-order valence-corrected chi connectivity index (χ4v) is 12.8. The van der Waals surface area contributed by atoms with Crippen LogP contribution in [0.2, 0.25) is 0 Å². The molecule has 8 atom stereocenters. The van der Waals surface area contributed by atoms with Crippen molar-refractivity contribution in [1.82, 2.24) is 53.2 Å². The summed E-state index contributed by atoms with van der Waals surface area (Å²) >= 11 is 5.17. The number of hydrogen-bond acceptors (Lipinski definition) is 34. The monoisotopic (exact) mass is 2170 g/mol. The quantitative estimate of drug-likeness (QED) is 0.0117. The fraction of sp³-hybridized carbons (Fsp3) is 0.856. The lowest BCUT2D eigenvalue weighted by Gasteiger charge is -2.20. The third kappa shape index (κ3) is 126. The molecule has 0 aromatic carbocycles. The highest BCUT2D eigenvalue weighted by Gasteiger charge is 2.18. The van der Waals surface area contributed by atoms with Gasteiger partial charge in [0.25, 0.3) is 11.8 Å². The number of oxime groups is 5. The molecule has 0 saturated carbocycles. The summed E-state index contributed by atoms with van der Waals surface area (Å²) < 4.78 is 64.2. The molecular weight excluding hydrogens is 1970 g/mol. The first-order valence-electron chi connectivity index (χ1n) is 53.7. The van der Waals surface area contributed by atoms with Gasteiger partial charge in [-0.2, -0.15) is 35.3 Å². The second kappa shape index (κ2) is 117. The first-order valence-corrected chi connectivity index (χ1v) is 57.2. The molecule has 0 aliphatic carbocycles. The average molecular weight is 2180 g/mol. The van der Waals surface area contributed by atoms with Crippen LogP contribution < -0.4 is 53.2 Å². The zero-order valence-corrected chi connectivity index (χ0v) is 97.1. The number of nitrogens with one attached hydrogen (secondary N) is 10. The van der Waals surface area contributed by atoms with Crippen molar-refractivity contribution < 1.29 is 124 Å². The number of nitrogens with zero attached hydrogens (tertiary/aromatic N) is 5. The molecule has 0 rings (SSSR count). The molecule has 0 saturated heterocycles. The Morgan fingerprint density at radius 2 is 0.453 bits per heavy atom. The van der Waals surface area contributed by atoms with Crippen molar-refractivity contribution >= 4 is 125 Å². The summed E-state index contributed by atoms with van der Waals surface area (Å²) in [6, 6.07) is 0. The first kappa shape index (κ1) is 149. The maximum atomic E-state index is 11.8. The topological polar surface area (TPSA) is 500 Å². The number of carbonyl (C=O) groups is 10. The minimum atomic E-state index is -0.199. The highest BCUT2D eigenvalue weighted by Crippen LogP contribution is 2.15. The first-order chi connectivity index (χ1) is 71.3. The van der Waals surface area contributed by atoms with E-state index in [2.05, 4.69) is 190 Å². The number of rotatable bonds is 97. The molecule has 10 amide bonds. The predicted octanol–water partition coefficient (Wildman–Crippen LogP) is 12.6. The number of thioether (sulfide) groups is 3. The molecule has 0 aromatic heterocycles. The van der Waals surface area contributed by atoms with Crippen molar-refractivity contribution in [2.75, 3.05) is 239 Å². The van der Waals surface area contributed by atoms with Crippen LogP contribution in [0.4, 0.5) is 0 Å². The molecule has 0 aliphatic heterocycles. The van der Waals surface area contributed by atoms with Gasteiger partial charge in [0.2, 0.25) is 47.3 Å². The van der Waals surface area contributed by atoms with Crippen LogP contribution in [0.25, 0.3) is 0 Å². The summed E-state index contributed by atoms with van der Waals surface area (Å²) in [5.74, 6) is 8.13. The highest BCUT2D eigenvalue weighted by molar-refractivity contribution is 7.99. The van der Waals surface area contributed by atoms with Crippen LogP contribution in [0.5, 0.6) is 0 Å². The molecule has 0 spiro atoms. The fourth-order valence-electron chi connectivity index (χ4n) is 10.3. The molecule has 0 aromatic rings. The Morgan fingerprint density at radius 1 is 0.236 bits per heavy atom. The van der Waals surface area contributed by atoms with Crippen molar-refractivity contribution in [1.29, 1.82) is 0 Å². The van der Waals surface area contributed by atoms with Crippen LogP contribution in [-0.4, -0.2) is 348 Å². The van der Waals surface area contributed by atoms with E-state index in [-0.39, 0.29) is 124 Å². The second-order valence-corrected chi connectivity index (χ2v) is 39.9. The highest BCUT2D eigenvalue weighted by atomic mass is 32.2. The van der Waals surface area contributed by atoms with E-state index in [9.17, 15) is 47.9 Å². The summed E-state index contributed by atoms with van der Waals surface area (Å²) in [5.41, 5.74) is 0. The van der Waals surface area contributed by atoms with Gasteiger partial charge in [-0.15, -0.1) is 0 Å². The van der Waals surface area contributed by atoms with Gasteiger partial charge in [0.15, 0.2) is 33.4 Å². The Bertz CT molecular complexity index is 2920. The van der Waals surface area contributed by atoms with E-state index in [1.165, 1.54) is 65.7 Å². The molecule has 148 heavy (non-hydrogen) atoms. The number of hydrogen-bond donors (Lipinski definition) is 10. The van der Waals surface area contributed by atoms with Crippen molar-refractivity contribution in [3.05, 3.63) is 0 Å². The van der Waals surface area contributed by atoms with Crippen LogP contribution in [0.15, 0.2) is 25.8 Å². The van der Waals surface area contributed by atoms with Crippen LogP contribution in [-0.2, 0) is 124 Å². The van der Waals surface area contributed by atoms with Crippen LogP contribution in [0.1, 0.15) is 274 Å². The average Bonchev–Trinajstić information content (AvgIpc) is 0.980. The molecule has 41 nitrogen and oxygen atoms in total. The van der Waals surface area contributed by atoms with Crippen molar-refractivity contribution in [2.45, 2.75) is 292 Å². The van der Waals surface area contributed by atoms with Gasteiger partial charge in [-0.25, -0.2) is 0 Å². The second-order valence-electron chi connectivity index (χ2n) is 36.2. The normalized spacial score (nSPS) is 13.4. The largest absolute Gasteiger partial charge is 0.386 e. The lowest BCUT2D eigenvalue weighted by atomic mass is 10.1. The molecule has 0 radical (unpaired) electrons. The van der Waals surface area contributed by atoms with Crippen molar-refractivity contribution in [3.8, 4) is 0 Å². The molecular formula is C104H203N15O26S3. The summed E-state index contributed by atoms with van der Waals surface area (Å²) in [6.45, 7) is 57.3. The van der Waals surface area contributed by atoms with Gasteiger partial charge in [-0.05, 0) is 122 Å². The number of unbranched alkanes of at least 4 members (excludes halogenated alkanes) is 4. The van der Waals surface area contributed by atoms with Gasteiger partial charge in [-0.3, -0.25) is 47.9 Å². The lowest BCUT2D eigenvalue weighted by molar-refractivity contribution is -0.126. The predicted molar refractivity (Wildman–Crippen MR) is 595 cm³/mol. The van der Waals surface area contributed by atoms with Crippen LogP contribution in [0, 0.1) is 47.3 Å². The van der Waals surface area contributed by atoms with E-state index in [0.717, 1.165) is 210 Å². The minimum absolute atomic E-state index is 0.00745. The standard InChI is InChI=1S/3C24H47N3O6S.2C16H31N3O4/c3*1-6-20(3)15-30-17-23(18-31-16-21(4)7-2)32-12-8-13-34-14-9-24(29)26-19-33-27-11-10-25-22(5)28;2*1-4-14(2)12-22-11-7-5-6-8-18-16(21)13-23-19-10-9-17-15(3)20/h3*11,20-21,23H,6-10,12-19H2,1-5H3,(H,25,28)(H,26,29);2*10,14H,4-9,11-13H2,1-3H3,(H,17,20)(H,18,21)/b3*27-11+;2*19-10+. The van der Waals surface area contributed by atoms with E-state index in [1.807, 2.05) is 0 Å². The molecule has 8 unspecified atom stereocenters. The molecule has 868 valence electrons.